The summed E-state index contributed by atoms with van der Waals surface area (Å²) in [4.78, 5) is 31.5. The van der Waals surface area contributed by atoms with Crippen LogP contribution in [0.5, 0.6) is 0 Å². The molecule has 6 nitrogen and oxygen atoms in total. The number of fused-ring (bicyclic) bond motifs is 1. The van der Waals surface area contributed by atoms with Crippen LogP contribution in [0.15, 0.2) is 101 Å². The number of piperidine rings is 1. The van der Waals surface area contributed by atoms with E-state index >= 15 is 0 Å². The van der Waals surface area contributed by atoms with Gasteiger partial charge in [0.2, 0.25) is 5.91 Å². The van der Waals surface area contributed by atoms with Crippen LogP contribution in [0.3, 0.4) is 0 Å². The smallest absolute Gasteiger partial charge is 0.383 e. The highest BCUT2D eigenvalue weighted by atomic mass is 32.2. The van der Waals surface area contributed by atoms with Crippen LogP contribution in [-0.4, -0.2) is 59.6 Å². The lowest BCUT2D eigenvalue weighted by molar-refractivity contribution is -0.137. The molecule has 1 aliphatic heterocycles. The average molecular weight is 758 g/mol. The van der Waals surface area contributed by atoms with E-state index in [0.29, 0.717) is 22.9 Å². The van der Waals surface area contributed by atoms with E-state index in [9.17, 15) is 34.3 Å². The van der Waals surface area contributed by atoms with E-state index in [1.54, 1.807) is 4.90 Å². The van der Waals surface area contributed by atoms with Crippen molar-refractivity contribution in [2.45, 2.75) is 55.8 Å². The number of thioether (sulfide) groups is 1. The lowest BCUT2D eigenvalue weighted by atomic mass is 10.00. The molecular weight excluding hydrogens is 710 g/mol. The Labute approximate surface area is 320 Å². The number of hydrogen-bond donors (Lipinski definition) is 0. The van der Waals surface area contributed by atoms with Gasteiger partial charge >= 0.3 is 6.18 Å². The van der Waals surface area contributed by atoms with Crippen molar-refractivity contribution in [3.63, 3.8) is 0 Å². The van der Waals surface area contributed by atoms with E-state index in [1.165, 1.54) is 62.6 Å². The van der Waals surface area contributed by atoms with Crippen LogP contribution in [-0.2, 0) is 34.5 Å². The van der Waals surface area contributed by atoms with E-state index in [0.717, 1.165) is 27.7 Å². The Bertz CT molecular complexity index is 2520. The van der Waals surface area contributed by atoms with Crippen molar-refractivity contribution < 1.29 is 42.4 Å². The minimum atomic E-state index is -4.54. The Morgan fingerprint density at radius 3 is 2.34 bits per heavy atom. The van der Waals surface area contributed by atoms with Gasteiger partial charge in [0.15, 0.2) is 17.1 Å². The third-order valence-corrected chi connectivity index (χ3v) is 9.92. The number of carbonyl (C=O) groups excluding carboxylic acids is 1. The molecule has 278 valence electrons. The molecule has 0 atom stereocenters. The molecule has 0 N–H and O–H groups in total. The summed E-state index contributed by atoms with van der Waals surface area (Å²) in [6.07, 6.45) is -4.23. The molecule has 0 saturated carbocycles. The first-order valence-electron chi connectivity index (χ1n) is 20.6. The van der Waals surface area contributed by atoms with Gasteiger partial charge in [0, 0.05) is 62.0 Å². The van der Waals surface area contributed by atoms with Gasteiger partial charge in [0.05, 0.1) is 33.6 Å². The summed E-state index contributed by atoms with van der Waals surface area (Å²) in [5.74, 6) is -3.56. The molecule has 2 heterocycles. The number of alkyl halides is 3. The van der Waals surface area contributed by atoms with Crippen LogP contribution in [0.2, 0.25) is 0 Å². The molecule has 0 spiro atoms. The van der Waals surface area contributed by atoms with Gasteiger partial charge in [-0.2, -0.15) is 13.2 Å². The molecule has 0 unspecified atom stereocenters. The lowest BCUT2D eigenvalue weighted by Crippen LogP contribution is -2.48. The van der Waals surface area contributed by atoms with Gasteiger partial charge in [-0.15, -0.1) is 11.8 Å². The average Bonchev–Trinajstić information content (AvgIpc) is 3.22. The molecular formula is C41H40F5N3O3S. The van der Waals surface area contributed by atoms with Crippen LogP contribution < -0.4 is 5.43 Å². The molecule has 1 fully saturated rings. The number of likely N-dealkylation sites (tertiary alicyclic amines) is 1. The monoisotopic (exact) mass is 757 g/mol. The summed E-state index contributed by atoms with van der Waals surface area (Å²) in [6.45, 7) is -3.68. The predicted octanol–water partition coefficient (Wildman–Crippen LogP) is 8.71. The van der Waals surface area contributed by atoms with Gasteiger partial charge in [-0.1, -0.05) is 54.6 Å². The normalized spacial score (nSPS) is 16.9. The summed E-state index contributed by atoms with van der Waals surface area (Å²) in [5.41, 5.74) is -1.45. The van der Waals surface area contributed by atoms with Crippen molar-refractivity contribution in [2.24, 2.45) is 0 Å². The van der Waals surface area contributed by atoms with E-state index in [2.05, 4.69) is 0 Å². The zero-order chi connectivity index (χ0) is 44.8. The van der Waals surface area contributed by atoms with Crippen molar-refractivity contribution in [1.82, 2.24) is 14.4 Å². The molecule has 4 aromatic carbocycles. The van der Waals surface area contributed by atoms with Gasteiger partial charge in [0.25, 0.3) is 0 Å². The number of pyridine rings is 1. The minimum Gasteiger partial charge on any atom is -0.383 e. The second kappa shape index (κ2) is 16.7. The maximum absolute atomic E-state index is 15.0. The van der Waals surface area contributed by atoms with Gasteiger partial charge < -0.3 is 19.1 Å². The molecule has 12 heteroatoms. The van der Waals surface area contributed by atoms with E-state index in [4.69, 9.17) is 13.0 Å². The van der Waals surface area contributed by atoms with Crippen molar-refractivity contribution in [2.75, 3.05) is 33.3 Å². The third kappa shape index (κ3) is 9.17. The van der Waals surface area contributed by atoms with Crippen molar-refractivity contribution in [1.29, 1.82) is 0 Å². The topological polar surface area (TPSA) is 54.8 Å². The van der Waals surface area contributed by atoms with Crippen LogP contribution in [0.4, 0.5) is 22.0 Å². The second-order valence-electron chi connectivity index (χ2n) is 12.5. The van der Waals surface area contributed by atoms with Crippen molar-refractivity contribution in [3.05, 3.63) is 135 Å². The number of benzene rings is 4. The lowest BCUT2D eigenvalue weighted by Gasteiger charge is -2.39. The highest BCUT2D eigenvalue weighted by Crippen LogP contribution is 2.32. The number of rotatable bonds is 12. The SMILES string of the molecule is [2H]c1c(C)c([2H])c2c(c1[2H])c(=O)c([2H])c(SCc1cccc(F)c1F)n2CC(=O)N(C1CCN(CC([2H])([2H])OC)CC1)C([2H])([2H])c1ccc(-c2ccc(C(F)(F)F)cc2)cc1. The first-order valence-corrected chi connectivity index (χ1v) is 17.6. The largest absolute Gasteiger partial charge is 0.416 e. The molecule has 6 rings (SSSR count). The summed E-state index contributed by atoms with van der Waals surface area (Å²) >= 11 is 0.702. The maximum atomic E-state index is 15.0. The molecule has 53 heavy (non-hydrogen) atoms. The number of halogens is 5. The first-order chi connectivity index (χ1) is 28.6. The summed E-state index contributed by atoms with van der Waals surface area (Å²) in [5, 5.41) is -0.744. The zero-order valence-electron chi connectivity index (χ0n) is 36.7. The van der Waals surface area contributed by atoms with Crippen molar-refractivity contribution >= 4 is 28.6 Å². The highest BCUT2D eigenvalue weighted by molar-refractivity contribution is 7.98. The third-order valence-electron chi connectivity index (χ3n) is 8.87. The molecule has 1 saturated heterocycles. The Morgan fingerprint density at radius 2 is 1.68 bits per heavy atom. The van der Waals surface area contributed by atoms with Crippen LogP contribution in [0.1, 0.15) is 46.1 Å². The van der Waals surface area contributed by atoms with E-state index in [1.807, 2.05) is 0 Å². The number of nitrogens with zero attached hydrogens (tertiary/aromatic N) is 3. The number of ether oxygens (including phenoxy) is 1. The Balaban J connectivity index is 1.45. The minimum absolute atomic E-state index is 0.0129. The second-order valence-corrected chi connectivity index (χ2v) is 13.4. The van der Waals surface area contributed by atoms with Gasteiger partial charge in [-0.25, -0.2) is 8.78 Å². The van der Waals surface area contributed by atoms with Gasteiger partial charge in [-0.05, 0) is 72.3 Å². The van der Waals surface area contributed by atoms with Gasteiger partial charge in [-0.3, -0.25) is 9.59 Å². The fourth-order valence-corrected chi connectivity index (χ4v) is 7.03. The number of hydrogen-bond acceptors (Lipinski definition) is 5. The van der Waals surface area contributed by atoms with Crippen LogP contribution in [0.25, 0.3) is 22.0 Å². The highest BCUT2D eigenvalue weighted by Gasteiger charge is 2.31. The maximum Gasteiger partial charge on any atom is 0.416 e. The quantitative estimate of drug-likeness (QED) is 0.0942. The van der Waals surface area contributed by atoms with E-state index in [-0.39, 0.29) is 65.5 Å². The summed E-state index contributed by atoms with van der Waals surface area (Å²) in [7, 11) is 1.23. The number of aromatic nitrogens is 1. The zero-order valence-corrected chi connectivity index (χ0v) is 29.6. The molecule has 0 aliphatic carbocycles. The van der Waals surface area contributed by atoms with Crippen LogP contribution in [0, 0.1) is 18.6 Å². The summed E-state index contributed by atoms with van der Waals surface area (Å²) in [6, 6.07) is 10.7. The Morgan fingerprint density at radius 1 is 1.00 bits per heavy atom. The molecule has 1 amide bonds. The predicted molar refractivity (Wildman–Crippen MR) is 198 cm³/mol. The number of amides is 1. The first kappa shape index (κ1) is 28.9. The number of methoxy groups -OCH3 is 1. The molecule has 0 bridgehead atoms. The standard InChI is InChI=1S/C41H40F5N3O3S/c1-27-6-15-34-36(22-27)49(39(23-37(34)50)53-26-31-4-3-5-35(42)40(31)43)25-38(51)48(33-16-18-47(19-17-33)20-21-52-2)24-28-7-9-29(10-8-28)30-11-13-32(14-12-30)41(44,45)46/h3-15,22-23,33H,16-21,24-26H2,1-2H3/i6D,15D,21D2,22D,23D,24D2. The molecule has 5 aromatic rings. The summed E-state index contributed by atoms with van der Waals surface area (Å²) < 4.78 is 145. The molecule has 1 aliphatic rings. The number of carbonyl (C=O) groups is 1. The van der Waals surface area contributed by atoms with Gasteiger partial charge in [0.1, 0.15) is 6.54 Å². The fourth-order valence-electron chi connectivity index (χ4n) is 6.04. The van der Waals surface area contributed by atoms with E-state index < -0.39 is 89.9 Å². The fraction of sp³-hybridized carbons (Fsp3) is 0.317. The molecule has 1 aromatic heterocycles. The molecule has 0 radical (unpaired) electrons. The Hall–Kier alpha value is -4.52. The van der Waals surface area contributed by atoms with Crippen molar-refractivity contribution in [3.8, 4) is 11.1 Å². The van der Waals surface area contributed by atoms with Crippen LogP contribution >= 0.6 is 11.8 Å². The Kier molecular flexibility index (Phi) is 9.09.